The van der Waals surface area contributed by atoms with Crippen molar-refractivity contribution >= 4 is 126 Å². The predicted octanol–water partition coefficient (Wildman–Crippen LogP) is -11.9. The molecule has 75 heavy (non-hydrogen) atoms. The molecule has 0 aliphatic rings. The van der Waals surface area contributed by atoms with Crippen LogP contribution in [0.3, 0.4) is 0 Å². The molecule has 12 N–H and O–H groups in total. The number of hydrogen-bond donors (Lipinski definition) is 12. The van der Waals surface area contributed by atoms with Crippen molar-refractivity contribution < 1.29 is 247 Å². The van der Waals surface area contributed by atoms with Gasteiger partial charge in [0.15, 0.2) is 0 Å². The van der Waals surface area contributed by atoms with Crippen molar-refractivity contribution in [2.45, 2.75) is 19.6 Å². The first-order valence-corrected chi connectivity index (χ1v) is 32.2. The Morgan fingerprint density at radius 2 is 0.387 bits per heavy atom. The molecule has 51 heteroatoms. The summed E-state index contributed by atoms with van der Waals surface area (Å²) in [7, 11) is -51.0. The van der Waals surface area contributed by atoms with E-state index in [-0.39, 0.29) is 78.6 Å². The molecule has 0 saturated heterocycles. The summed E-state index contributed by atoms with van der Waals surface area (Å²) in [5.41, 5.74) is 0. The van der Waals surface area contributed by atoms with Gasteiger partial charge in [-0.05, 0) is 54.6 Å². The van der Waals surface area contributed by atoms with Gasteiger partial charge in [-0.3, -0.25) is 18.2 Å². The van der Waals surface area contributed by atoms with Gasteiger partial charge in [0.1, 0.15) is 19.6 Å². The fourth-order valence-electron chi connectivity index (χ4n) is 3.61. The average molecular weight is 1540 g/mol. The van der Waals surface area contributed by atoms with Crippen molar-refractivity contribution in [1.29, 1.82) is 0 Å². The van der Waals surface area contributed by atoms with E-state index in [4.69, 9.17) is 76.9 Å². The molecule has 0 amide bonds. The second-order valence-electron chi connectivity index (χ2n) is 10.8. The largest absolute Gasteiger partial charge is 4.00 e. The minimum atomic E-state index is -5.19. The van der Waals surface area contributed by atoms with E-state index < -0.39 is 146 Å². The molecule has 0 unspecified atom stereocenters. The maximum Gasteiger partial charge on any atom is 4.00 e. The Hall–Kier alpha value is 1.01. The molecule has 0 aliphatic heterocycles. The smallest absolute Gasteiger partial charge is 0.807 e. The van der Waals surface area contributed by atoms with Crippen molar-refractivity contribution in [2.24, 2.45) is 0 Å². The van der Waals surface area contributed by atoms with Crippen molar-refractivity contribution in [3.05, 3.63) is 97.1 Å². The molecular formula is C24H28O36P8S4Zr3. The van der Waals surface area contributed by atoms with Gasteiger partial charge in [-0.2, -0.15) is 33.7 Å². The summed E-state index contributed by atoms with van der Waals surface area (Å²) >= 11 is 0. The Labute approximate surface area is 485 Å². The Morgan fingerprint density at radius 1 is 0.293 bits per heavy atom. The summed E-state index contributed by atoms with van der Waals surface area (Å²) in [4.78, 5) is 173. The van der Waals surface area contributed by atoms with Gasteiger partial charge in [-0.25, -0.2) is 0 Å². The van der Waals surface area contributed by atoms with Gasteiger partial charge in [0.2, 0.25) is 0 Å². The molecule has 4 aromatic rings. The zero-order chi connectivity index (χ0) is 58.2. The van der Waals surface area contributed by atoms with Crippen LogP contribution in [-0.2, 0) is 137 Å². The van der Waals surface area contributed by atoms with Crippen molar-refractivity contribution in [3.8, 4) is 0 Å². The number of hydrogen-bond acceptors (Lipinski definition) is 32. The third-order valence-electron chi connectivity index (χ3n) is 5.75. The number of benzene rings is 4. The van der Waals surface area contributed by atoms with Crippen LogP contribution in [0.4, 0.5) is 0 Å². The van der Waals surface area contributed by atoms with Crippen LogP contribution in [0.5, 0.6) is 0 Å². The summed E-state index contributed by atoms with van der Waals surface area (Å²) in [6.07, 6.45) is 0. The monoisotopic (exact) mass is 1540 g/mol. The van der Waals surface area contributed by atoms with E-state index >= 15 is 0 Å². The molecule has 0 aromatic heterocycles. The molecular weight excluding hydrogens is 1510 g/mol. The molecule has 36 nitrogen and oxygen atoms in total. The summed E-state index contributed by atoms with van der Waals surface area (Å²) in [6.45, 7) is 0. The van der Waals surface area contributed by atoms with Crippen LogP contribution >= 0.6 is 64.8 Å². The molecule has 0 spiro atoms. The van der Waals surface area contributed by atoms with Crippen LogP contribution < -0.4 is 79.9 Å². The van der Waals surface area contributed by atoms with E-state index in [1.165, 1.54) is 48.5 Å². The van der Waals surface area contributed by atoms with Crippen molar-refractivity contribution in [3.63, 3.8) is 0 Å². The van der Waals surface area contributed by atoms with Gasteiger partial charge in [-0.1, -0.05) is 72.8 Å². The van der Waals surface area contributed by atoms with Gasteiger partial charge >= 0.3 is 78.6 Å². The van der Waals surface area contributed by atoms with Crippen LogP contribution in [0, 0.1) is 0 Å². The van der Waals surface area contributed by atoms with Gasteiger partial charge < -0.3 is 116 Å². The standard InChI is InChI=1S/4C6H7O6PS.4H2O3P.3Zr/c4*7-13(8,9)5-3-1-2-4-6(5)14(10,11)12;4*1-4(2)3;;;/h4*1-4H,(H2,7,8,9)(H,10,11,12);4*1-2H;;;/q;;;;4*-1;3*+4/p-8. The first-order valence-electron chi connectivity index (χ1n) is 15.6. The summed E-state index contributed by atoms with van der Waals surface area (Å²) in [5, 5.41) is -3.71. The van der Waals surface area contributed by atoms with E-state index in [9.17, 15) is 91.1 Å². The second kappa shape index (κ2) is 40.3. The van der Waals surface area contributed by atoms with Crippen LogP contribution in [0.2, 0.25) is 0 Å². The quantitative estimate of drug-likeness (QED) is 0.0576. The van der Waals surface area contributed by atoms with Gasteiger partial charge in [0, 0.05) is 21.2 Å². The maximum atomic E-state index is 10.7. The third-order valence-corrected chi connectivity index (χ3v) is 13.9. The average Bonchev–Trinajstić information content (AvgIpc) is 3.15. The molecule has 0 bridgehead atoms. The Morgan fingerprint density at radius 3 is 0.453 bits per heavy atom. The molecule has 0 aliphatic carbocycles. The minimum absolute atomic E-state index is 0. The van der Waals surface area contributed by atoms with Crippen LogP contribution in [-0.4, -0.2) is 91.0 Å². The third kappa shape index (κ3) is 46.2. The SMILES string of the molecule is O=P([O-])([O-])c1ccccc1S(=O)(=O)O.O=P([O-])([O-])c1ccccc1S(=O)(=O)O.O=P([O-])([O-])c1ccccc1S(=O)(=O)O.O=P([O-])([O-])c1ccccc1S(=O)(=O)O.[O-]P(O)O.[O-]P(O)O.[O-]P(O)O.[O-]P(O)O.[Zr+4].[Zr+4].[Zr+4]. The molecule has 416 valence electrons. The van der Waals surface area contributed by atoms with Gasteiger partial charge in [0.05, 0.1) is 34.4 Å². The topological polar surface area (TPSA) is 724 Å². The Balaban J connectivity index is -0.000000148. The molecule has 0 atom stereocenters. The molecule has 4 rings (SSSR count). The summed E-state index contributed by atoms with van der Waals surface area (Å²) in [6, 6.07) is 16.2. The molecule has 0 fully saturated rings. The fourth-order valence-corrected chi connectivity index (χ4v) is 11.1. The van der Waals surface area contributed by atoms with E-state index in [1.807, 2.05) is 0 Å². The summed E-state index contributed by atoms with van der Waals surface area (Å²) in [5.74, 6) is 0. The van der Waals surface area contributed by atoms with Crippen LogP contribution in [0.15, 0.2) is 117 Å². The van der Waals surface area contributed by atoms with E-state index in [2.05, 4.69) is 0 Å². The minimum Gasteiger partial charge on any atom is -0.807 e. The zero-order valence-corrected chi connectivity index (χ0v) is 52.9. The fraction of sp³-hybridized carbons (Fsp3) is 0. The molecule has 0 radical (unpaired) electrons. The molecule has 0 saturated carbocycles. The van der Waals surface area contributed by atoms with Crippen molar-refractivity contribution in [2.75, 3.05) is 0 Å². The van der Waals surface area contributed by atoms with E-state index in [0.29, 0.717) is 0 Å². The first-order chi connectivity index (χ1) is 31.8. The van der Waals surface area contributed by atoms with Crippen molar-refractivity contribution in [1.82, 2.24) is 0 Å². The second-order valence-corrected chi connectivity index (χ2v) is 24.3. The Kier molecular flexibility index (Phi) is 48.2. The predicted molar refractivity (Wildman–Crippen MR) is 219 cm³/mol. The van der Waals surface area contributed by atoms with Gasteiger partial charge in [0.25, 0.3) is 40.5 Å². The number of rotatable bonds is 8. The van der Waals surface area contributed by atoms with Crippen LogP contribution in [0.25, 0.3) is 0 Å². The summed E-state index contributed by atoms with van der Waals surface area (Å²) < 4.78 is 162. The van der Waals surface area contributed by atoms with E-state index in [1.54, 1.807) is 0 Å². The first kappa shape index (κ1) is 89.8. The van der Waals surface area contributed by atoms with Crippen LogP contribution in [0.1, 0.15) is 0 Å². The molecule has 0 heterocycles. The van der Waals surface area contributed by atoms with Gasteiger partial charge in [-0.15, -0.1) is 0 Å². The Bertz CT molecular complexity index is 2540. The molecule has 4 aromatic carbocycles. The normalized spacial score (nSPS) is 11.5. The zero-order valence-electron chi connectivity index (χ0n) is 35.1. The maximum absolute atomic E-state index is 10.7. The van der Waals surface area contributed by atoms with E-state index in [0.717, 1.165) is 48.5 Å².